The van der Waals surface area contributed by atoms with Gasteiger partial charge in [-0.05, 0) is 0 Å². The molecule has 1 atom stereocenters. The Balaban J connectivity index is 3.09. The maximum atomic E-state index is 9.42. The van der Waals surface area contributed by atoms with E-state index in [9.17, 15) is 5.11 Å². The number of nitrogens with one attached hydrogen (secondary N) is 2. The highest BCUT2D eigenvalue weighted by molar-refractivity contribution is 4.65. The first-order valence-electron chi connectivity index (χ1n) is 5.29. The van der Waals surface area contributed by atoms with Gasteiger partial charge in [0.1, 0.15) is 0 Å². The molecular formula is C10H23N3O2. The maximum Gasteiger partial charge on any atom is 0.0897 e. The Bertz CT molecular complexity index is 145. The van der Waals surface area contributed by atoms with Gasteiger partial charge in [-0.2, -0.15) is 0 Å². The van der Waals surface area contributed by atoms with Crippen molar-refractivity contribution < 1.29 is 9.84 Å². The van der Waals surface area contributed by atoms with Crippen LogP contribution in [0.4, 0.5) is 0 Å². The average molecular weight is 217 g/mol. The lowest BCUT2D eigenvalue weighted by molar-refractivity contribution is 0.0496. The molecule has 0 aromatic carbocycles. The van der Waals surface area contributed by atoms with E-state index in [0.29, 0.717) is 26.3 Å². The minimum atomic E-state index is -0.459. The molecule has 0 aliphatic heterocycles. The molecule has 90 valence electrons. The van der Waals surface area contributed by atoms with Crippen molar-refractivity contribution in [2.75, 3.05) is 45.9 Å². The molecular weight excluding hydrogens is 194 g/mol. The third-order valence-corrected chi connectivity index (χ3v) is 1.73. The van der Waals surface area contributed by atoms with E-state index in [1.54, 1.807) is 6.08 Å². The minimum Gasteiger partial charge on any atom is -0.389 e. The van der Waals surface area contributed by atoms with Gasteiger partial charge in [-0.3, -0.25) is 0 Å². The number of aliphatic hydroxyl groups is 1. The van der Waals surface area contributed by atoms with Crippen molar-refractivity contribution in [2.45, 2.75) is 6.10 Å². The lowest BCUT2D eigenvalue weighted by Gasteiger charge is -2.11. The summed E-state index contributed by atoms with van der Waals surface area (Å²) in [6, 6.07) is 0. The normalized spacial score (nSPS) is 12.7. The van der Waals surface area contributed by atoms with E-state index in [-0.39, 0.29) is 0 Å². The third kappa shape index (κ3) is 11.5. The monoisotopic (exact) mass is 217 g/mol. The second kappa shape index (κ2) is 11.6. The highest BCUT2D eigenvalue weighted by Crippen LogP contribution is 1.83. The first kappa shape index (κ1) is 14.5. The van der Waals surface area contributed by atoms with E-state index in [1.165, 1.54) is 0 Å². The Morgan fingerprint density at radius 3 is 2.73 bits per heavy atom. The summed E-state index contributed by atoms with van der Waals surface area (Å²) in [4.78, 5) is 0. The standard InChI is InChI=1S/C10H23N3O2/c1-2-7-15-9-10(14)8-13-6-5-12-4-3-11/h2,10,12-14H,1,3-9,11H2. The van der Waals surface area contributed by atoms with Crippen molar-refractivity contribution in [1.82, 2.24) is 10.6 Å². The first-order valence-corrected chi connectivity index (χ1v) is 5.29. The van der Waals surface area contributed by atoms with Gasteiger partial charge >= 0.3 is 0 Å². The molecule has 0 aliphatic rings. The summed E-state index contributed by atoms with van der Waals surface area (Å²) in [5.74, 6) is 0. The fourth-order valence-electron chi connectivity index (χ4n) is 1.02. The molecule has 0 bridgehead atoms. The fourth-order valence-corrected chi connectivity index (χ4v) is 1.02. The number of hydrogen-bond donors (Lipinski definition) is 4. The zero-order chi connectivity index (χ0) is 11.4. The third-order valence-electron chi connectivity index (χ3n) is 1.73. The zero-order valence-electron chi connectivity index (χ0n) is 9.24. The summed E-state index contributed by atoms with van der Waals surface area (Å²) in [5.41, 5.74) is 5.31. The second-order valence-electron chi connectivity index (χ2n) is 3.22. The Labute approximate surface area is 91.7 Å². The van der Waals surface area contributed by atoms with E-state index < -0.39 is 6.10 Å². The summed E-state index contributed by atoms with van der Waals surface area (Å²) < 4.78 is 5.10. The zero-order valence-corrected chi connectivity index (χ0v) is 9.24. The number of ether oxygens (including phenoxy) is 1. The molecule has 0 aromatic rings. The highest BCUT2D eigenvalue weighted by Gasteiger charge is 2.01. The van der Waals surface area contributed by atoms with Crippen LogP contribution in [0.5, 0.6) is 0 Å². The van der Waals surface area contributed by atoms with Gasteiger partial charge in [-0.1, -0.05) is 6.08 Å². The summed E-state index contributed by atoms with van der Waals surface area (Å²) in [6.45, 7) is 8.04. The molecule has 15 heavy (non-hydrogen) atoms. The molecule has 0 rings (SSSR count). The second-order valence-corrected chi connectivity index (χ2v) is 3.22. The van der Waals surface area contributed by atoms with Crippen LogP contribution in [0, 0.1) is 0 Å². The van der Waals surface area contributed by atoms with E-state index >= 15 is 0 Å². The van der Waals surface area contributed by atoms with Crippen LogP contribution in [0.25, 0.3) is 0 Å². The van der Waals surface area contributed by atoms with Crippen LogP contribution in [-0.2, 0) is 4.74 Å². The molecule has 0 radical (unpaired) electrons. The number of hydrogen-bond acceptors (Lipinski definition) is 5. The van der Waals surface area contributed by atoms with Gasteiger partial charge in [0.15, 0.2) is 0 Å². The van der Waals surface area contributed by atoms with Crippen LogP contribution in [0.3, 0.4) is 0 Å². The largest absolute Gasteiger partial charge is 0.389 e. The maximum absolute atomic E-state index is 9.42. The van der Waals surface area contributed by atoms with Gasteiger partial charge in [0.05, 0.1) is 19.3 Å². The van der Waals surface area contributed by atoms with Crippen molar-refractivity contribution in [3.8, 4) is 0 Å². The molecule has 1 unspecified atom stereocenters. The van der Waals surface area contributed by atoms with E-state index in [1.807, 2.05) is 0 Å². The Morgan fingerprint density at radius 2 is 2.07 bits per heavy atom. The topological polar surface area (TPSA) is 79.5 Å². The van der Waals surface area contributed by atoms with Gasteiger partial charge in [-0.15, -0.1) is 6.58 Å². The Morgan fingerprint density at radius 1 is 1.33 bits per heavy atom. The predicted octanol–water partition coefficient (Wildman–Crippen LogP) is -1.31. The van der Waals surface area contributed by atoms with Crippen LogP contribution < -0.4 is 16.4 Å². The lowest BCUT2D eigenvalue weighted by atomic mass is 10.4. The van der Waals surface area contributed by atoms with Gasteiger partial charge in [0.2, 0.25) is 0 Å². The Hall–Kier alpha value is -0.460. The summed E-state index contributed by atoms with van der Waals surface area (Å²) >= 11 is 0. The molecule has 0 fully saturated rings. The molecule has 0 spiro atoms. The minimum absolute atomic E-state index is 0.343. The van der Waals surface area contributed by atoms with Crippen LogP contribution in [-0.4, -0.2) is 57.1 Å². The van der Waals surface area contributed by atoms with Crippen molar-refractivity contribution in [3.05, 3.63) is 12.7 Å². The van der Waals surface area contributed by atoms with Gasteiger partial charge in [-0.25, -0.2) is 0 Å². The van der Waals surface area contributed by atoms with E-state index in [2.05, 4.69) is 17.2 Å². The van der Waals surface area contributed by atoms with Crippen LogP contribution in [0.1, 0.15) is 0 Å². The number of nitrogens with two attached hydrogens (primary N) is 1. The van der Waals surface area contributed by atoms with Crippen molar-refractivity contribution in [1.29, 1.82) is 0 Å². The Kier molecular flexibility index (Phi) is 11.3. The summed E-state index contributed by atoms with van der Waals surface area (Å²) in [6.07, 6.45) is 1.20. The molecule has 0 saturated carbocycles. The van der Waals surface area contributed by atoms with Gasteiger partial charge < -0.3 is 26.2 Å². The van der Waals surface area contributed by atoms with Crippen molar-refractivity contribution in [2.24, 2.45) is 5.73 Å². The molecule has 5 nitrogen and oxygen atoms in total. The summed E-state index contributed by atoms with van der Waals surface area (Å²) in [7, 11) is 0. The molecule has 5 heteroatoms. The fraction of sp³-hybridized carbons (Fsp3) is 0.800. The van der Waals surface area contributed by atoms with Crippen molar-refractivity contribution in [3.63, 3.8) is 0 Å². The molecule has 0 amide bonds. The average Bonchev–Trinajstić information content (AvgIpc) is 2.23. The predicted molar refractivity (Wildman–Crippen MR) is 61.8 cm³/mol. The van der Waals surface area contributed by atoms with Crippen LogP contribution in [0.15, 0.2) is 12.7 Å². The molecule has 5 N–H and O–H groups in total. The SMILES string of the molecule is C=CCOCC(O)CNCCNCCN. The first-order chi connectivity index (χ1) is 7.31. The number of rotatable bonds is 11. The number of aliphatic hydroxyl groups excluding tert-OH is 1. The summed E-state index contributed by atoms with van der Waals surface area (Å²) in [5, 5.41) is 15.7. The lowest BCUT2D eigenvalue weighted by Crippen LogP contribution is -2.36. The quantitative estimate of drug-likeness (QED) is 0.255. The van der Waals surface area contributed by atoms with E-state index in [0.717, 1.165) is 19.6 Å². The molecule has 0 aromatic heterocycles. The molecule has 0 aliphatic carbocycles. The van der Waals surface area contributed by atoms with Crippen LogP contribution >= 0.6 is 0 Å². The highest BCUT2D eigenvalue weighted by atomic mass is 16.5. The van der Waals surface area contributed by atoms with Crippen LogP contribution in [0.2, 0.25) is 0 Å². The van der Waals surface area contributed by atoms with Gasteiger partial charge in [0, 0.05) is 32.7 Å². The van der Waals surface area contributed by atoms with E-state index in [4.69, 9.17) is 10.5 Å². The smallest absolute Gasteiger partial charge is 0.0897 e. The van der Waals surface area contributed by atoms with Crippen molar-refractivity contribution >= 4 is 0 Å². The molecule has 0 saturated heterocycles. The molecule has 0 heterocycles. The van der Waals surface area contributed by atoms with Gasteiger partial charge in [0.25, 0.3) is 0 Å².